The maximum Gasteiger partial charge on any atom is 0.119 e. The van der Waals surface area contributed by atoms with Crippen LogP contribution in [0.15, 0.2) is 24.3 Å². The molecule has 0 amide bonds. The van der Waals surface area contributed by atoms with Crippen LogP contribution in [0.3, 0.4) is 0 Å². The first-order chi connectivity index (χ1) is 8.31. The minimum absolute atomic E-state index is 0.366. The normalized spacial score (nSPS) is 24.0. The van der Waals surface area contributed by atoms with Crippen LogP contribution in [-0.2, 0) is 0 Å². The SMILES string of the molecule is CCC1CCC(Oc2ccc(C#N)cc2)CC1. The number of nitrogens with zero attached hydrogens (tertiary/aromatic N) is 1. The van der Waals surface area contributed by atoms with Crippen molar-refractivity contribution in [1.29, 1.82) is 5.26 Å². The Morgan fingerprint density at radius 2 is 1.82 bits per heavy atom. The molecule has 1 saturated carbocycles. The highest BCUT2D eigenvalue weighted by atomic mass is 16.5. The fourth-order valence-electron chi connectivity index (χ4n) is 2.46. The van der Waals surface area contributed by atoms with E-state index in [4.69, 9.17) is 10.00 Å². The van der Waals surface area contributed by atoms with Crippen LogP contribution >= 0.6 is 0 Å². The number of nitriles is 1. The zero-order valence-corrected chi connectivity index (χ0v) is 10.4. The van der Waals surface area contributed by atoms with Gasteiger partial charge >= 0.3 is 0 Å². The molecule has 0 saturated heterocycles. The Bertz CT molecular complexity index is 382. The van der Waals surface area contributed by atoms with Crippen LogP contribution in [0.5, 0.6) is 5.75 Å². The van der Waals surface area contributed by atoms with Gasteiger partial charge in [-0.05, 0) is 55.9 Å². The molecule has 0 heterocycles. The van der Waals surface area contributed by atoms with Gasteiger partial charge in [0.1, 0.15) is 5.75 Å². The molecule has 0 spiro atoms. The average molecular weight is 229 g/mol. The van der Waals surface area contributed by atoms with Crippen molar-refractivity contribution >= 4 is 0 Å². The third kappa shape index (κ3) is 3.23. The lowest BCUT2D eigenvalue weighted by atomic mass is 9.86. The highest BCUT2D eigenvalue weighted by molar-refractivity contribution is 5.34. The van der Waals surface area contributed by atoms with Gasteiger partial charge in [-0.1, -0.05) is 13.3 Å². The minimum atomic E-state index is 0.366. The summed E-state index contributed by atoms with van der Waals surface area (Å²) in [6.45, 7) is 2.27. The molecule has 0 aliphatic heterocycles. The Morgan fingerprint density at radius 1 is 1.18 bits per heavy atom. The van der Waals surface area contributed by atoms with Crippen LogP contribution in [0.25, 0.3) is 0 Å². The van der Waals surface area contributed by atoms with E-state index in [1.807, 2.05) is 24.3 Å². The molecule has 1 aromatic rings. The zero-order valence-electron chi connectivity index (χ0n) is 10.4. The summed E-state index contributed by atoms with van der Waals surface area (Å²) < 4.78 is 5.94. The zero-order chi connectivity index (χ0) is 12.1. The molecule has 90 valence electrons. The number of benzene rings is 1. The highest BCUT2D eigenvalue weighted by Gasteiger charge is 2.20. The quantitative estimate of drug-likeness (QED) is 0.787. The molecule has 0 radical (unpaired) electrons. The maximum absolute atomic E-state index is 8.72. The van der Waals surface area contributed by atoms with Gasteiger partial charge in [0.2, 0.25) is 0 Å². The van der Waals surface area contributed by atoms with Gasteiger partial charge < -0.3 is 4.74 Å². The molecule has 1 aliphatic rings. The van der Waals surface area contributed by atoms with Crippen molar-refractivity contribution in [3.05, 3.63) is 29.8 Å². The number of rotatable bonds is 3. The van der Waals surface area contributed by atoms with Crippen molar-refractivity contribution in [2.24, 2.45) is 5.92 Å². The Hall–Kier alpha value is -1.49. The topological polar surface area (TPSA) is 33.0 Å². The number of hydrogen-bond acceptors (Lipinski definition) is 2. The molecule has 1 aromatic carbocycles. The van der Waals surface area contributed by atoms with Crippen molar-refractivity contribution in [1.82, 2.24) is 0 Å². The molecule has 2 rings (SSSR count). The van der Waals surface area contributed by atoms with Crippen molar-refractivity contribution in [2.45, 2.75) is 45.1 Å². The van der Waals surface area contributed by atoms with Gasteiger partial charge in [-0.15, -0.1) is 0 Å². The van der Waals surface area contributed by atoms with Crippen molar-refractivity contribution < 1.29 is 4.74 Å². The smallest absolute Gasteiger partial charge is 0.119 e. The first kappa shape index (κ1) is 12.0. The predicted molar refractivity (Wildman–Crippen MR) is 67.8 cm³/mol. The summed E-state index contributed by atoms with van der Waals surface area (Å²) in [7, 11) is 0. The lowest BCUT2D eigenvalue weighted by molar-refractivity contribution is 0.130. The van der Waals surface area contributed by atoms with E-state index in [0.717, 1.165) is 11.7 Å². The highest BCUT2D eigenvalue weighted by Crippen LogP contribution is 2.29. The van der Waals surface area contributed by atoms with Crippen molar-refractivity contribution in [2.75, 3.05) is 0 Å². The summed E-state index contributed by atoms with van der Waals surface area (Å²) >= 11 is 0. The first-order valence-corrected chi connectivity index (χ1v) is 6.48. The third-order valence-corrected chi connectivity index (χ3v) is 3.66. The average Bonchev–Trinajstić information content (AvgIpc) is 2.40. The molecule has 0 atom stereocenters. The van der Waals surface area contributed by atoms with Gasteiger partial charge in [-0.25, -0.2) is 0 Å². The van der Waals surface area contributed by atoms with Crippen LogP contribution in [0.1, 0.15) is 44.6 Å². The monoisotopic (exact) mass is 229 g/mol. The van der Waals surface area contributed by atoms with Crippen LogP contribution in [0.4, 0.5) is 0 Å². The largest absolute Gasteiger partial charge is 0.490 e. The Balaban J connectivity index is 1.87. The predicted octanol–water partition coefficient (Wildman–Crippen LogP) is 3.91. The molecule has 0 N–H and O–H groups in total. The van der Waals surface area contributed by atoms with E-state index in [0.29, 0.717) is 11.7 Å². The first-order valence-electron chi connectivity index (χ1n) is 6.48. The lowest BCUT2D eigenvalue weighted by Crippen LogP contribution is -2.23. The molecule has 17 heavy (non-hydrogen) atoms. The molecular weight excluding hydrogens is 210 g/mol. The fraction of sp³-hybridized carbons (Fsp3) is 0.533. The van der Waals surface area contributed by atoms with Gasteiger partial charge in [-0.2, -0.15) is 5.26 Å². The second-order valence-electron chi connectivity index (χ2n) is 4.81. The standard InChI is InChI=1S/C15H19NO/c1-2-12-3-7-14(8-4-12)17-15-9-5-13(11-16)6-10-15/h5-6,9-10,12,14H,2-4,7-8H2,1H3. The second kappa shape index (κ2) is 5.72. The van der Waals surface area contributed by atoms with E-state index in [1.165, 1.54) is 32.1 Å². The van der Waals surface area contributed by atoms with Crippen LogP contribution in [0.2, 0.25) is 0 Å². The van der Waals surface area contributed by atoms with Gasteiger partial charge in [0.15, 0.2) is 0 Å². The molecule has 0 unspecified atom stereocenters. The summed E-state index contributed by atoms with van der Waals surface area (Å²) in [5.74, 6) is 1.79. The van der Waals surface area contributed by atoms with E-state index < -0.39 is 0 Å². The van der Waals surface area contributed by atoms with E-state index in [-0.39, 0.29) is 0 Å². The van der Waals surface area contributed by atoms with Crippen LogP contribution in [0, 0.1) is 17.2 Å². The molecule has 0 aromatic heterocycles. The summed E-state index contributed by atoms with van der Waals surface area (Å²) in [6.07, 6.45) is 6.57. The van der Waals surface area contributed by atoms with Gasteiger partial charge in [0.05, 0.1) is 17.7 Å². The number of ether oxygens (including phenoxy) is 1. The van der Waals surface area contributed by atoms with Gasteiger partial charge in [-0.3, -0.25) is 0 Å². The van der Waals surface area contributed by atoms with Crippen LogP contribution < -0.4 is 4.74 Å². The minimum Gasteiger partial charge on any atom is -0.490 e. The van der Waals surface area contributed by atoms with Crippen LogP contribution in [-0.4, -0.2) is 6.10 Å². The molecule has 2 nitrogen and oxygen atoms in total. The number of hydrogen-bond donors (Lipinski definition) is 0. The molecular formula is C15H19NO. The Morgan fingerprint density at radius 3 is 2.35 bits per heavy atom. The Kier molecular flexibility index (Phi) is 4.03. The summed E-state index contributed by atoms with van der Waals surface area (Å²) in [6, 6.07) is 9.53. The van der Waals surface area contributed by atoms with Crippen molar-refractivity contribution in [3.63, 3.8) is 0 Å². The van der Waals surface area contributed by atoms with E-state index >= 15 is 0 Å². The third-order valence-electron chi connectivity index (χ3n) is 3.66. The molecule has 0 bridgehead atoms. The molecule has 1 fully saturated rings. The second-order valence-corrected chi connectivity index (χ2v) is 4.81. The van der Waals surface area contributed by atoms with Gasteiger partial charge in [0.25, 0.3) is 0 Å². The summed E-state index contributed by atoms with van der Waals surface area (Å²) in [5.41, 5.74) is 0.687. The summed E-state index contributed by atoms with van der Waals surface area (Å²) in [5, 5.41) is 8.72. The van der Waals surface area contributed by atoms with Gasteiger partial charge in [0, 0.05) is 0 Å². The fourth-order valence-corrected chi connectivity index (χ4v) is 2.46. The molecule has 2 heteroatoms. The maximum atomic E-state index is 8.72. The van der Waals surface area contributed by atoms with E-state index in [9.17, 15) is 0 Å². The Labute approximate surface area is 103 Å². The molecule has 1 aliphatic carbocycles. The van der Waals surface area contributed by atoms with E-state index in [2.05, 4.69) is 13.0 Å². The van der Waals surface area contributed by atoms with E-state index in [1.54, 1.807) is 0 Å². The van der Waals surface area contributed by atoms with Crippen molar-refractivity contribution in [3.8, 4) is 11.8 Å². The lowest BCUT2D eigenvalue weighted by Gasteiger charge is -2.28. The summed E-state index contributed by atoms with van der Waals surface area (Å²) in [4.78, 5) is 0.